The van der Waals surface area contributed by atoms with Crippen molar-refractivity contribution in [1.82, 2.24) is 14.9 Å². The number of carbonyl (C=O) groups is 2. The van der Waals surface area contributed by atoms with Gasteiger partial charge in [-0.25, -0.2) is 4.98 Å². The van der Waals surface area contributed by atoms with E-state index in [1.807, 2.05) is 73.2 Å². The van der Waals surface area contributed by atoms with E-state index in [0.717, 1.165) is 40.9 Å². The lowest BCUT2D eigenvalue weighted by atomic mass is 9.99. The van der Waals surface area contributed by atoms with Crippen LogP contribution >= 0.6 is 0 Å². The average Bonchev–Trinajstić information content (AvgIpc) is 3.44. The van der Waals surface area contributed by atoms with Crippen molar-refractivity contribution in [2.24, 2.45) is 5.73 Å². The molecule has 7 nitrogen and oxygen atoms in total. The summed E-state index contributed by atoms with van der Waals surface area (Å²) in [5.74, 6) is 0.537. The molecular formula is C34H38N4O3. The average molecular weight is 551 g/mol. The molecule has 1 atom stereocenters. The molecule has 3 N–H and O–H groups in total. The summed E-state index contributed by atoms with van der Waals surface area (Å²) in [6.45, 7) is 6.44. The number of imidazole rings is 1. The monoisotopic (exact) mass is 550 g/mol. The number of hydrogen-bond donors (Lipinski definition) is 2. The van der Waals surface area contributed by atoms with Gasteiger partial charge in [-0.05, 0) is 61.6 Å². The first kappa shape index (κ1) is 29.5. The zero-order chi connectivity index (χ0) is 29.4. The number of ketones is 1. The van der Waals surface area contributed by atoms with Gasteiger partial charge in [-0.2, -0.15) is 0 Å². The topological polar surface area (TPSA) is 99.2 Å². The van der Waals surface area contributed by atoms with Crippen molar-refractivity contribution in [2.45, 2.75) is 52.6 Å². The summed E-state index contributed by atoms with van der Waals surface area (Å²) < 4.78 is 7.57. The molecule has 4 aromatic rings. The van der Waals surface area contributed by atoms with Crippen LogP contribution in [0.15, 0.2) is 84.8 Å². The van der Waals surface area contributed by atoms with Crippen LogP contribution < -0.4 is 15.8 Å². The first-order chi connectivity index (χ1) is 19.8. The van der Waals surface area contributed by atoms with E-state index in [9.17, 15) is 9.59 Å². The smallest absolute Gasteiger partial charge is 0.247 e. The fourth-order valence-corrected chi connectivity index (χ4v) is 4.62. The Hall–Kier alpha value is -4.49. The highest BCUT2D eigenvalue weighted by Gasteiger charge is 2.16. The molecule has 0 radical (unpaired) electrons. The normalized spacial score (nSPS) is 12.2. The minimum absolute atomic E-state index is 0.0498. The van der Waals surface area contributed by atoms with Gasteiger partial charge in [0.2, 0.25) is 5.91 Å². The second kappa shape index (κ2) is 13.7. The molecule has 0 aliphatic carbocycles. The largest absolute Gasteiger partial charge is 0.495 e. The molecule has 1 heterocycles. The van der Waals surface area contributed by atoms with Crippen molar-refractivity contribution in [2.75, 3.05) is 7.11 Å². The number of benzene rings is 3. The van der Waals surface area contributed by atoms with Crippen molar-refractivity contribution in [1.29, 1.82) is 0 Å². The van der Waals surface area contributed by atoms with Gasteiger partial charge in [0.05, 0.1) is 30.9 Å². The summed E-state index contributed by atoms with van der Waals surface area (Å²) in [6.07, 6.45) is 8.17. The van der Waals surface area contributed by atoms with Gasteiger partial charge in [-0.1, -0.05) is 67.9 Å². The number of nitrogens with one attached hydrogen (secondary N) is 1. The van der Waals surface area contributed by atoms with Crippen molar-refractivity contribution < 1.29 is 14.3 Å². The zero-order valence-electron chi connectivity index (χ0n) is 24.2. The van der Waals surface area contributed by atoms with Gasteiger partial charge < -0.3 is 20.4 Å². The van der Waals surface area contributed by atoms with Gasteiger partial charge in [-0.3, -0.25) is 9.59 Å². The SMILES string of the molecule is CCCC/C(=C\c1ccc(-n2cnc(C)c2)c(OC)c1)C(=O)NC(C)c1ccc(C(=O)c2ccc(CN)cc2)cc1. The van der Waals surface area contributed by atoms with Crippen molar-refractivity contribution >= 4 is 17.8 Å². The van der Waals surface area contributed by atoms with E-state index in [1.54, 1.807) is 37.7 Å². The number of ether oxygens (including phenoxy) is 1. The maximum atomic E-state index is 13.4. The predicted octanol–water partition coefficient (Wildman–Crippen LogP) is 6.33. The van der Waals surface area contributed by atoms with Crippen LogP contribution in [0.25, 0.3) is 11.8 Å². The van der Waals surface area contributed by atoms with E-state index >= 15 is 0 Å². The third kappa shape index (κ3) is 7.38. The van der Waals surface area contributed by atoms with Crippen LogP contribution in [-0.4, -0.2) is 28.4 Å². The molecule has 0 saturated heterocycles. The molecule has 7 heteroatoms. The molecule has 0 bridgehead atoms. The molecule has 1 amide bonds. The summed E-state index contributed by atoms with van der Waals surface area (Å²) in [5, 5.41) is 3.14. The Bertz CT molecular complexity index is 1520. The molecule has 0 fully saturated rings. The van der Waals surface area contributed by atoms with Gasteiger partial charge in [0, 0.05) is 29.4 Å². The Morgan fingerprint density at radius 1 is 1.05 bits per heavy atom. The number of aryl methyl sites for hydroxylation is 1. The fourth-order valence-electron chi connectivity index (χ4n) is 4.62. The van der Waals surface area contributed by atoms with Crippen molar-refractivity contribution in [3.63, 3.8) is 0 Å². The third-order valence-electron chi connectivity index (χ3n) is 7.10. The lowest BCUT2D eigenvalue weighted by molar-refractivity contribution is -0.118. The molecule has 41 heavy (non-hydrogen) atoms. The molecule has 1 unspecified atom stereocenters. The van der Waals surface area contributed by atoms with Crippen LogP contribution in [0.1, 0.15) is 77.5 Å². The van der Waals surface area contributed by atoms with Gasteiger partial charge in [0.1, 0.15) is 5.75 Å². The Kier molecular flexibility index (Phi) is 9.87. The summed E-state index contributed by atoms with van der Waals surface area (Å²) in [5.41, 5.74) is 12.2. The van der Waals surface area contributed by atoms with Crippen LogP contribution in [-0.2, 0) is 11.3 Å². The number of rotatable bonds is 12. The summed E-state index contributed by atoms with van der Waals surface area (Å²) in [4.78, 5) is 30.6. The van der Waals surface area contributed by atoms with Crippen LogP contribution in [0.5, 0.6) is 5.75 Å². The highest BCUT2D eigenvalue weighted by molar-refractivity contribution is 6.09. The van der Waals surface area contributed by atoms with Gasteiger partial charge in [-0.15, -0.1) is 0 Å². The Morgan fingerprint density at radius 3 is 2.32 bits per heavy atom. The van der Waals surface area contributed by atoms with Gasteiger partial charge >= 0.3 is 0 Å². The van der Waals surface area contributed by atoms with E-state index in [1.165, 1.54) is 0 Å². The standard InChI is InChI=1S/C34H38N4O3/c1-5-6-7-30(18-26-10-17-31(32(19-26)41-4)38-21-23(2)36-22-38)34(40)37-24(3)27-13-15-29(16-14-27)33(39)28-11-8-25(20-35)9-12-28/h8-19,21-22,24H,5-7,20,35H2,1-4H3,(H,37,40)/b30-18+. The van der Waals surface area contributed by atoms with Crippen LogP contribution in [0.4, 0.5) is 0 Å². The van der Waals surface area contributed by atoms with E-state index in [0.29, 0.717) is 35.4 Å². The number of methoxy groups -OCH3 is 1. The number of amides is 1. The number of hydrogen-bond acceptors (Lipinski definition) is 5. The molecule has 0 aliphatic rings. The van der Waals surface area contributed by atoms with Gasteiger partial charge in [0.15, 0.2) is 5.78 Å². The highest BCUT2D eigenvalue weighted by Crippen LogP contribution is 2.27. The van der Waals surface area contributed by atoms with Crippen molar-refractivity contribution in [3.05, 3.63) is 118 Å². The minimum Gasteiger partial charge on any atom is -0.495 e. The van der Waals surface area contributed by atoms with Crippen LogP contribution in [0.3, 0.4) is 0 Å². The van der Waals surface area contributed by atoms with E-state index in [4.69, 9.17) is 10.5 Å². The maximum Gasteiger partial charge on any atom is 0.247 e. The molecular weight excluding hydrogens is 512 g/mol. The Morgan fingerprint density at radius 2 is 1.73 bits per heavy atom. The summed E-state index contributed by atoms with van der Waals surface area (Å²) in [6, 6.07) is 20.4. The summed E-state index contributed by atoms with van der Waals surface area (Å²) in [7, 11) is 1.64. The molecule has 0 aliphatic heterocycles. The second-order valence-corrected chi connectivity index (χ2v) is 10.2. The molecule has 1 aromatic heterocycles. The fraction of sp³-hybridized carbons (Fsp3) is 0.265. The van der Waals surface area contributed by atoms with E-state index < -0.39 is 0 Å². The van der Waals surface area contributed by atoms with E-state index in [2.05, 4.69) is 17.2 Å². The number of carbonyl (C=O) groups excluding carboxylic acids is 2. The first-order valence-electron chi connectivity index (χ1n) is 14.0. The van der Waals surface area contributed by atoms with Crippen LogP contribution in [0.2, 0.25) is 0 Å². The molecule has 0 saturated carbocycles. The Balaban J connectivity index is 1.49. The number of nitrogens with zero attached hydrogens (tertiary/aromatic N) is 2. The van der Waals surface area contributed by atoms with Crippen LogP contribution in [0, 0.1) is 6.92 Å². The second-order valence-electron chi connectivity index (χ2n) is 10.2. The number of unbranched alkanes of at least 4 members (excludes halogenated alkanes) is 1. The quantitative estimate of drug-likeness (QED) is 0.159. The van der Waals surface area contributed by atoms with Crippen molar-refractivity contribution in [3.8, 4) is 11.4 Å². The highest BCUT2D eigenvalue weighted by atomic mass is 16.5. The maximum absolute atomic E-state index is 13.4. The predicted molar refractivity (Wildman–Crippen MR) is 163 cm³/mol. The zero-order valence-corrected chi connectivity index (χ0v) is 24.2. The molecule has 4 rings (SSSR count). The first-order valence-corrected chi connectivity index (χ1v) is 14.0. The lowest BCUT2D eigenvalue weighted by Gasteiger charge is -2.17. The number of aromatic nitrogens is 2. The van der Waals surface area contributed by atoms with Gasteiger partial charge in [0.25, 0.3) is 0 Å². The Labute approximate surface area is 242 Å². The molecule has 0 spiro atoms. The molecule has 3 aromatic carbocycles. The third-order valence-corrected chi connectivity index (χ3v) is 7.10. The minimum atomic E-state index is -0.234. The van der Waals surface area contributed by atoms with E-state index in [-0.39, 0.29) is 17.7 Å². The number of nitrogens with two attached hydrogens (primary N) is 1. The summed E-state index contributed by atoms with van der Waals surface area (Å²) >= 11 is 0. The molecule has 212 valence electrons. The lowest BCUT2D eigenvalue weighted by Crippen LogP contribution is -2.28.